The number of aliphatic hydroxyl groups excluding tert-OH is 1. The molecule has 142 valence electrons. The molecule has 0 fully saturated rings. The molecule has 0 bridgehead atoms. The molecule has 8 heteroatoms. The van der Waals surface area contributed by atoms with E-state index in [1.54, 1.807) is 48.5 Å². The Balaban J connectivity index is 1.89. The number of likely N-dealkylation sites (N-methyl/N-ethyl adjacent to an activating group) is 1. The van der Waals surface area contributed by atoms with Gasteiger partial charge in [0.15, 0.2) is 11.5 Å². The van der Waals surface area contributed by atoms with Gasteiger partial charge in [-0.2, -0.15) is 0 Å². The van der Waals surface area contributed by atoms with Gasteiger partial charge in [-0.3, -0.25) is 9.10 Å². The van der Waals surface area contributed by atoms with Crippen molar-refractivity contribution in [2.24, 2.45) is 0 Å². The Hall–Kier alpha value is -3.03. The van der Waals surface area contributed by atoms with E-state index < -0.39 is 21.7 Å². The van der Waals surface area contributed by atoms with E-state index in [9.17, 15) is 18.3 Å². The number of fused-ring (bicyclic) bond motifs is 3. The molecule has 0 saturated carbocycles. The highest BCUT2D eigenvalue weighted by atomic mass is 35.5. The number of aliphatic hydroxyl groups is 1. The third kappa shape index (κ3) is 2.80. The minimum atomic E-state index is -4.05. The predicted octanol–water partition coefficient (Wildman–Crippen LogP) is 3.99. The first kappa shape index (κ1) is 18.3. The predicted molar refractivity (Wildman–Crippen MR) is 109 cm³/mol. The Morgan fingerprint density at radius 1 is 1.07 bits per heavy atom. The number of anilines is 1. The highest BCUT2D eigenvalue weighted by molar-refractivity contribution is 7.89. The number of nitrogens with one attached hydrogen (secondary N) is 1. The fourth-order valence-corrected chi connectivity index (χ4v) is 5.03. The molecule has 0 spiro atoms. The SMILES string of the molecule is CN1C(C(=O)Nc2cccc(Cl)c2)=C(O)c2ccc3ccccc3c2S1(=O)=O. The van der Waals surface area contributed by atoms with Crippen LogP contribution < -0.4 is 5.32 Å². The maximum absolute atomic E-state index is 13.2. The smallest absolute Gasteiger partial charge is 0.276 e. The van der Waals surface area contributed by atoms with Gasteiger partial charge in [0.05, 0.1) is 0 Å². The van der Waals surface area contributed by atoms with Gasteiger partial charge in [-0.25, -0.2) is 8.42 Å². The van der Waals surface area contributed by atoms with Gasteiger partial charge in [-0.15, -0.1) is 0 Å². The van der Waals surface area contributed by atoms with Gasteiger partial charge in [-0.05, 0) is 29.7 Å². The molecule has 6 nitrogen and oxygen atoms in total. The van der Waals surface area contributed by atoms with E-state index in [1.165, 1.54) is 19.2 Å². The van der Waals surface area contributed by atoms with E-state index in [0.29, 0.717) is 16.1 Å². The Morgan fingerprint density at radius 2 is 1.82 bits per heavy atom. The van der Waals surface area contributed by atoms with E-state index in [2.05, 4.69) is 5.32 Å². The number of amides is 1. The first-order valence-corrected chi connectivity index (χ1v) is 10.1. The molecule has 0 aliphatic carbocycles. The number of benzene rings is 3. The zero-order valence-corrected chi connectivity index (χ0v) is 16.3. The summed E-state index contributed by atoms with van der Waals surface area (Å²) in [5.74, 6) is -1.16. The van der Waals surface area contributed by atoms with E-state index in [-0.39, 0.29) is 16.2 Å². The van der Waals surface area contributed by atoms with Crippen molar-refractivity contribution in [1.29, 1.82) is 0 Å². The summed E-state index contributed by atoms with van der Waals surface area (Å²) in [5, 5.41) is 15.0. The first-order valence-electron chi connectivity index (χ1n) is 8.32. The van der Waals surface area contributed by atoms with Crippen LogP contribution in [0.5, 0.6) is 0 Å². The van der Waals surface area contributed by atoms with Gasteiger partial charge in [0.1, 0.15) is 4.90 Å². The molecule has 28 heavy (non-hydrogen) atoms. The monoisotopic (exact) mass is 414 g/mol. The lowest BCUT2D eigenvalue weighted by molar-refractivity contribution is -0.113. The molecule has 0 atom stereocenters. The number of carbonyl (C=O) groups is 1. The van der Waals surface area contributed by atoms with Crippen LogP contribution in [0.3, 0.4) is 0 Å². The average Bonchev–Trinajstić information content (AvgIpc) is 2.66. The van der Waals surface area contributed by atoms with Crippen LogP contribution in [0.15, 0.2) is 71.3 Å². The molecule has 2 N–H and O–H groups in total. The second-order valence-corrected chi connectivity index (χ2v) is 8.64. The lowest BCUT2D eigenvalue weighted by atomic mass is 10.0. The molecule has 1 amide bonds. The lowest BCUT2D eigenvalue weighted by Crippen LogP contribution is -2.37. The zero-order chi connectivity index (χ0) is 20.1. The molecular weight excluding hydrogens is 400 g/mol. The van der Waals surface area contributed by atoms with Gasteiger partial charge in [-0.1, -0.05) is 48.0 Å². The fourth-order valence-electron chi connectivity index (χ4n) is 3.25. The number of halogens is 1. The van der Waals surface area contributed by atoms with Crippen molar-refractivity contribution < 1.29 is 18.3 Å². The summed E-state index contributed by atoms with van der Waals surface area (Å²) < 4.78 is 27.1. The lowest BCUT2D eigenvalue weighted by Gasteiger charge is -2.29. The Labute approximate surface area is 166 Å². The van der Waals surface area contributed by atoms with Gasteiger partial charge in [0.25, 0.3) is 15.9 Å². The number of carbonyl (C=O) groups excluding carboxylic acids is 1. The minimum absolute atomic E-state index is 0.0232. The van der Waals surface area contributed by atoms with Gasteiger partial charge in [0, 0.05) is 28.7 Å². The fraction of sp³-hybridized carbons (Fsp3) is 0.0500. The number of nitrogens with zero attached hydrogens (tertiary/aromatic N) is 1. The Kier molecular flexibility index (Phi) is 4.28. The maximum Gasteiger partial charge on any atom is 0.276 e. The molecule has 3 aromatic rings. The maximum atomic E-state index is 13.2. The molecule has 4 rings (SSSR count). The van der Waals surface area contributed by atoms with Crippen LogP contribution in [0.25, 0.3) is 16.5 Å². The van der Waals surface area contributed by atoms with Crippen LogP contribution in [0.1, 0.15) is 5.56 Å². The van der Waals surface area contributed by atoms with Crippen LogP contribution in [0.2, 0.25) is 5.02 Å². The standard InChI is InChI=1S/C20H15ClN2O4S/c1-23-17(20(25)22-14-7-4-6-13(21)11-14)18(24)16-10-9-12-5-2-3-8-15(12)19(16)28(23,26)27/h2-11,24H,1H3,(H,22,25). The Morgan fingerprint density at radius 3 is 2.57 bits per heavy atom. The normalized spacial score (nSPS) is 15.4. The quantitative estimate of drug-likeness (QED) is 0.663. The second-order valence-electron chi connectivity index (χ2n) is 6.30. The number of rotatable bonds is 2. The number of hydrogen-bond donors (Lipinski definition) is 2. The van der Waals surface area contributed by atoms with E-state index in [1.807, 2.05) is 0 Å². The summed E-state index contributed by atoms with van der Waals surface area (Å²) in [6.07, 6.45) is 0. The molecule has 3 aromatic carbocycles. The van der Waals surface area contributed by atoms with Crippen molar-refractivity contribution in [2.45, 2.75) is 4.90 Å². The molecule has 0 unspecified atom stereocenters. The zero-order valence-electron chi connectivity index (χ0n) is 14.7. The molecule has 0 saturated heterocycles. The van der Waals surface area contributed by atoms with Gasteiger partial charge in [0.2, 0.25) is 0 Å². The first-order chi connectivity index (χ1) is 13.3. The average molecular weight is 415 g/mol. The highest BCUT2D eigenvalue weighted by Gasteiger charge is 2.39. The summed E-state index contributed by atoms with van der Waals surface area (Å²) >= 11 is 5.92. The van der Waals surface area contributed by atoms with Crippen molar-refractivity contribution in [3.8, 4) is 0 Å². The minimum Gasteiger partial charge on any atom is -0.505 e. The van der Waals surface area contributed by atoms with Crippen LogP contribution in [0, 0.1) is 0 Å². The van der Waals surface area contributed by atoms with Crippen molar-refractivity contribution in [3.05, 3.63) is 76.9 Å². The van der Waals surface area contributed by atoms with Crippen molar-refractivity contribution in [1.82, 2.24) is 4.31 Å². The van der Waals surface area contributed by atoms with E-state index in [4.69, 9.17) is 11.6 Å². The largest absolute Gasteiger partial charge is 0.505 e. The van der Waals surface area contributed by atoms with E-state index in [0.717, 1.165) is 9.69 Å². The molecular formula is C20H15ClN2O4S. The number of hydrogen-bond acceptors (Lipinski definition) is 4. The highest BCUT2D eigenvalue weighted by Crippen LogP contribution is 2.39. The van der Waals surface area contributed by atoms with Crippen molar-refractivity contribution >= 4 is 49.8 Å². The molecule has 1 aliphatic heterocycles. The van der Waals surface area contributed by atoms with Crippen LogP contribution in [-0.4, -0.2) is 30.8 Å². The van der Waals surface area contributed by atoms with Gasteiger partial charge >= 0.3 is 0 Å². The van der Waals surface area contributed by atoms with Crippen molar-refractivity contribution in [3.63, 3.8) is 0 Å². The molecule has 0 aromatic heterocycles. The summed E-state index contributed by atoms with van der Waals surface area (Å²) in [4.78, 5) is 12.8. The number of sulfonamides is 1. The van der Waals surface area contributed by atoms with E-state index >= 15 is 0 Å². The summed E-state index contributed by atoms with van der Waals surface area (Å²) in [6, 6.07) is 16.6. The van der Waals surface area contributed by atoms with Crippen molar-refractivity contribution in [2.75, 3.05) is 12.4 Å². The second kappa shape index (κ2) is 6.54. The summed E-state index contributed by atoms with van der Waals surface area (Å²) in [7, 11) is -2.81. The van der Waals surface area contributed by atoms with Crippen LogP contribution >= 0.6 is 11.6 Å². The Bertz CT molecular complexity index is 1270. The van der Waals surface area contributed by atoms with Crippen LogP contribution in [-0.2, 0) is 14.8 Å². The third-order valence-electron chi connectivity index (χ3n) is 4.59. The summed E-state index contributed by atoms with van der Waals surface area (Å²) in [6.45, 7) is 0. The molecule has 1 heterocycles. The van der Waals surface area contributed by atoms with Gasteiger partial charge < -0.3 is 10.4 Å². The third-order valence-corrected chi connectivity index (χ3v) is 6.68. The molecule has 1 aliphatic rings. The molecule has 0 radical (unpaired) electrons. The summed E-state index contributed by atoms with van der Waals surface area (Å²) in [5.41, 5.74) is 0.115. The van der Waals surface area contributed by atoms with Crippen LogP contribution in [0.4, 0.5) is 5.69 Å². The topological polar surface area (TPSA) is 86.7 Å².